The standard InChI is InChI=1S/C10H10O3/c1-13-7-9(10(11)12)8-5-3-2-4-6-8/h2-7H,1H3,(H,11,12)/b9-7+. The van der Waals surface area contributed by atoms with Crippen molar-refractivity contribution in [2.75, 3.05) is 7.11 Å². The topological polar surface area (TPSA) is 46.5 Å². The molecule has 0 saturated heterocycles. The van der Waals surface area contributed by atoms with Crippen LogP contribution in [0.25, 0.3) is 5.57 Å². The average Bonchev–Trinajstić information content (AvgIpc) is 2.15. The first-order valence-corrected chi connectivity index (χ1v) is 3.77. The van der Waals surface area contributed by atoms with E-state index in [4.69, 9.17) is 5.11 Å². The molecule has 0 aromatic heterocycles. The Labute approximate surface area is 76.3 Å². The molecule has 0 aliphatic rings. The molecule has 0 atom stereocenters. The summed E-state index contributed by atoms with van der Waals surface area (Å²) < 4.78 is 4.68. The van der Waals surface area contributed by atoms with Crippen LogP contribution in [0.4, 0.5) is 0 Å². The number of ether oxygens (including phenoxy) is 1. The minimum absolute atomic E-state index is 0.156. The Morgan fingerprint density at radius 3 is 2.46 bits per heavy atom. The van der Waals surface area contributed by atoms with E-state index in [0.717, 1.165) is 0 Å². The highest BCUT2D eigenvalue weighted by atomic mass is 16.5. The first kappa shape index (κ1) is 9.32. The molecule has 0 unspecified atom stereocenters. The third kappa shape index (κ3) is 2.33. The fourth-order valence-electron chi connectivity index (χ4n) is 0.977. The molecule has 0 amide bonds. The van der Waals surface area contributed by atoms with Crippen LogP contribution in [0, 0.1) is 0 Å². The number of aliphatic carboxylic acids is 1. The molecule has 13 heavy (non-hydrogen) atoms. The van der Waals surface area contributed by atoms with Crippen LogP contribution < -0.4 is 0 Å². The van der Waals surface area contributed by atoms with Crippen molar-refractivity contribution in [1.29, 1.82) is 0 Å². The number of carboxylic acids is 1. The maximum Gasteiger partial charge on any atom is 0.339 e. The first-order valence-electron chi connectivity index (χ1n) is 3.77. The smallest absolute Gasteiger partial charge is 0.339 e. The van der Waals surface area contributed by atoms with E-state index in [1.807, 2.05) is 6.07 Å². The van der Waals surface area contributed by atoms with Crippen LogP contribution in [0.15, 0.2) is 36.6 Å². The molecule has 0 spiro atoms. The van der Waals surface area contributed by atoms with Gasteiger partial charge in [0, 0.05) is 0 Å². The van der Waals surface area contributed by atoms with Gasteiger partial charge in [-0.25, -0.2) is 4.79 Å². The zero-order valence-corrected chi connectivity index (χ0v) is 7.23. The second-order valence-corrected chi connectivity index (χ2v) is 2.44. The Balaban J connectivity index is 3.03. The summed E-state index contributed by atoms with van der Waals surface area (Å²) in [7, 11) is 1.42. The van der Waals surface area contributed by atoms with E-state index in [1.165, 1.54) is 13.4 Å². The molecule has 0 aliphatic carbocycles. The molecule has 1 N–H and O–H groups in total. The van der Waals surface area contributed by atoms with E-state index in [-0.39, 0.29) is 5.57 Å². The zero-order valence-electron chi connectivity index (χ0n) is 7.23. The molecule has 0 saturated carbocycles. The second-order valence-electron chi connectivity index (χ2n) is 2.44. The van der Waals surface area contributed by atoms with Gasteiger partial charge in [-0.15, -0.1) is 0 Å². The number of benzene rings is 1. The van der Waals surface area contributed by atoms with E-state index < -0.39 is 5.97 Å². The first-order chi connectivity index (χ1) is 6.25. The lowest BCUT2D eigenvalue weighted by Gasteiger charge is -2.00. The molecular weight excluding hydrogens is 168 g/mol. The van der Waals surface area contributed by atoms with Gasteiger partial charge in [0.05, 0.1) is 13.4 Å². The fourth-order valence-corrected chi connectivity index (χ4v) is 0.977. The van der Waals surface area contributed by atoms with Crippen molar-refractivity contribution in [3.63, 3.8) is 0 Å². The van der Waals surface area contributed by atoms with Gasteiger partial charge >= 0.3 is 5.97 Å². The Morgan fingerprint density at radius 2 is 2.00 bits per heavy atom. The summed E-state index contributed by atoms with van der Waals surface area (Å²) in [5.41, 5.74) is 0.792. The molecule has 0 bridgehead atoms. The maximum absolute atomic E-state index is 10.7. The minimum Gasteiger partial charge on any atom is -0.503 e. The van der Waals surface area contributed by atoms with Crippen LogP contribution in [0.2, 0.25) is 0 Å². The normalized spacial score (nSPS) is 11.0. The summed E-state index contributed by atoms with van der Waals surface area (Å²) in [6, 6.07) is 8.83. The Hall–Kier alpha value is -1.77. The highest BCUT2D eigenvalue weighted by molar-refractivity contribution is 6.14. The van der Waals surface area contributed by atoms with E-state index in [0.29, 0.717) is 5.56 Å². The fraction of sp³-hybridized carbons (Fsp3) is 0.100. The lowest BCUT2D eigenvalue weighted by atomic mass is 10.1. The number of hydrogen-bond donors (Lipinski definition) is 1. The van der Waals surface area contributed by atoms with Crippen molar-refractivity contribution >= 4 is 11.5 Å². The van der Waals surface area contributed by atoms with Gasteiger partial charge in [0.2, 0.25) is 0 Å². The summed E-state index contributed by atoms with van der Waals surface area (Å²) in [4.78, 5) is 10.7. The van der Waals surface area contributed by atoms with Crippen molar-refractivity contribution < 1.29 is 14.6 Å². The lowest BCUT2D eigenvalue weighted by molar-refractivity contribution is -0.130. The van der Waals surface area contributed by atoms with Gasteiger partial charge in [-0.2, -0.15) is 0 Å². The molecule has 0 radical (unpaired) electrons. The van der Waals surface area contributed by atoms with Crippen LogP contribution in [-0.2, 0) is 9.53 Å². The zero-order chi connectivity index (χ0) is 9.68. The highest BCUT2D eigenvalue weighted by Gasteiger charge is 2.09. The quantitative estimate of drug-likeness (QED) is 0.566. The van der Waals surface area contributed by atoms with Gasteiger partial charge in [-0.05, 0) is 5.56 Å². The predicted molar refractivity (Wildman–Crippen MR) is 49.1 cm³/mol. The van der Waals surface area contributed by atoms with Gasteiger partial charge < -0.3 is 9.84 Å². The molecule has 1 rings (SSSR count). The molecule has 1 aromatic rings. The Kier molecular flexibility index (Phi) is 3.09. The van der Waals surface area contributed by atoms with Crippen molar-refractivity contribution in [1.82, 2.24) is 0 Å². The number of carboxylic acid groups (broad SMARTS) is 1. The minimum atomic E-state index is -0.993. The van der Waals surface area contributed by atoms with Crippen LogP contribution in [0.5, 0.6) is 0 Å². The van der Waals surface area contributed by atoms with Crippen LogP contribution in [0.3, 0.4) is 0 Å². The maximum atomic E-state index is 10.7. The van der Waals surface area contributed by atoms with Crippen LogP contribution in [-0.4, -0.2) is 18.2 Å². The summed E-state index contributed by atoms with van der Waals surface area (Å²) in [6.07, 6.45) is 1.22. The SMILES string of the molecule is CO/C=C(/C(=O)O)c1ccccc1. The van der Waals surface area contributed by atoms with Crippen molar-refractivity contribution in [3.8, 4) is 0 Å². The van der Waals surface area contributed by atoms with E-state index in [9.17, 15) is 4.79 Å². The van der Waals surface area contributed by atoms with Gasteiger partial charge in [-0.3, -0.25) is 0 Å². The third-order valence-corrected chi connectivity index (χ3v) is 1.55. The van der Waals surface area contributed by atoms with Crippen molar-refractivity contribution in [2.45, 2.75) is 0 Å². The van der Waals surface area contributed by atoms with Crippen molar-refractivity contribution in [3.05, 3.63) is 42.2 Å². The second kappa shape index (κ2) is 4.30. The molecule has 0 heterocycles. The number of carbonyl (C=O) groups is 1. The molecular formula is C10H10O3. The monoisotopic (exact) mass is 178 g/mol. The lowest BCUT2D eigenvalue weighted by Crippen LogP contribution is -1.99. The van der Waals surface area contributed by atoms with Gasteiger partial charge in [0.25, 0.3) is 0 Å². The number of rotatable bonds is 3. The van der Waals surface area contributed by atoms with Gasteiger partial charge in [0.1, 0.15) is 5.57 Å². The summed E-state index contributed by atoms with van der Waals surface area (Å²) in [5.74, 6) is -0.993. The van der Waals surface area contributed by atoms with Crippen LogP contribution in [0.1, 0.15) is 5.56 Å². The Bertz CT molecular complexity index is 314. The van der Waals surface area contributed by atoms with Gasteiger partial charge in [0.15, 0.2) is 0 Å². The summed E-state index contributed by atoms with van der Waals surface area (Å²) >= 11 is 0. The molecule has 68 valence electrons. The number of hydrogen-bond acceptors (Lipinski definition) is 2. The van der Waals surface area contributed by atoms with E-state index in [2.05, 4.69) is 4.74 Å². The van der Waals surface area contributed by atoms with Crippen molar-refractivity contribution in [2.24, 2.45) is 0 Å². The molecule has 1 aromatic carbocycles. The molecule has 3 nitrogen and oxygen atoms in total. The average molecular weight is 178 g/mol. The van der Waals surface area contributed by atoms with E-state index in [1.54, 1.807) is 24.3 Å². The third-order valence-electron chi connectivity index (χ3n) is 1.55. The van der Waals surface area contributed by atoms with Gasteiger partial charge in [-0.1, -0.05) is 30.3 Å². The largest absolute Gasteiger partial charge is 0.503 e. The Morgan fingerprint density at radius 1 is 1.38 bits per heavy atom. The van der Waals surface area contributed by atoms with Crippen LogP contribution >= 0.6 is 0 Å². The van der Waals surface area contributed by atoms with E-state index >= 15 is 0 Å². The predicted octanol–water partition coefficient (Wildman–Crippen LogP) is 1.76. The molecule has 3 heteroatoms. The summed E-state index contributed by atoms with van der Waals surface area (Å²) in [6.45, 7) is 0. The highest BCUT2D eigenvalue weighted by Crippen LogP contribution is 2.13. The summed E-state index contributed by atoms with van der Waals surface area (Å²) in [5, 5.41) is 8.81. The number of methoxy groups -OCH3 is 1. The molecule has 0 aliphatic heterocycles. The molecule has 0 fully saturated rings.